The number of rotatable bonds is 4. The first kappa shape index (κ1) is 17.0. The van der Waals surface area contributed by atoms with Crippen LogP contribution >= 0.6 is 0 Å². The van der Waals surface area contributed by atoms with E-state index < -0.39 is 15.8 Å². The maximum Gasteiger partial charge on any atom is 0.262 e. The van der Waals surface area contributed by atoms with E-state index >= 15 is 0 Å². The van der Waals surface area contributed by atoms with Crippen molar-refractivity contribution in [2.75, 3.05) is 35.9 Å². The predicted octanol–water partition coefficient (Wildman–Crippen LogP) is 3.00. The number of sulfonamides is 1. The van der Waals surface area contributed by atoms with Gasteiger partial charge in [-0.05, 0) is 37.1 Å². The number of anilines is 2. The van der Waals surface area contributed by atoms with Crippen molar-refractivity contribution in [3.63, 3.8) is 0 Å². The molecule has 1 fully saturated rings. The Kier molecular flexibility index (Phi) is 4.36. The second-order valence-electron chi connectivity index (χ2n) is 6.27. The van der Waals surface area contributed by atoms with E-state index in [-0.39, 0.29) is 10.6 Å². The van der Waals surface area contributed by atoms with E-state index in [2.05, 4.69) is 9.62 Å². The number of ether oxygens (including phenoxy) is 2. The fourth-order valence-corrected chi connectivity index (χ4v) is 4.30. The summed E-state index contributed by atoms with van der Waals surface area (Å²) in [6.07, 6.45) is 2.07. The van der Waals surface area contributed by atoms with Crippen molar-refractivity contribution < 1.29 is 22.3 Å². The Morgan fingerprint density at radius 1 is 0.962 bits per heavy atom. The van der Waals surface area contributed by atoms with Crippen molar-refractivity contribution >= 4 is 21.4 Å². The summed E-state index contributed by atoms with van der Waals surface area (Å²) < 4.78 is 52.8. The number of hydrogen-bond donors (Lipinski definition) is 1. The number of fused-ring (bicyclic) bond motifs is 1. The second-order valence-corrected chi connectivity index (χ2v) is 7.95. The number of hydrogen-bond acceptors (Lipinski definition) is 5. The van der Waals surface area contributed by atoms with Crippen LogP contribution in [0, 0.1) is 5.82 Å². The Labute approximate surface area is 151 Å². The molecule has 26 heavy (non-hydrogen) atoms. The summed E-state index contributed by atoms with van der Waals surface area (Å²) in [4.78, 5) is 2.10. The monoisotopic (exact) mass is 378 g/mol. The van der Waals surface area contributed by atoms with Crippen molar-refractivity contribution in [1.29, 1.82) is 0 Å². The van der Waals surface area contributed by atoms with Gasteiger partial charge in [0.25, 0.3) is 10.0 Å². The third-order valence-corrected chi connectivity index (χ3v) is 5.84. The van der Waals surface area contributed by atoms with Gasteiger partial charge in [0.1, 0.15) is 19.0 Å². The molecule has 1 saturated heterocycles. The minimum atomic E-state index is -3.89. The van der Waals surface area contributed by atoms with Gasteiger partial charge in [-0.2, -0.15) is 0 Å². The van der Waals surface area contributed by atoms with Crippen LogP contribution in [0.25, 0.3) is 0 Å². The number of halogens is 1. The zero-order valence-corrected chi connectivity index (χ0v) is 14.9. The highest BCUT2D eigenvalue weighted by Gasteiger charge is 2.23. The fourth-order valence-electron chi connectivity index (χ4n) is 3.22. The minimum Gasteiger partial charge on any atom is -0.486 e. The standard InChI is InChI=1S/C18H19FN2O4S/c19-13-3-5-16(21-7-1-2-8-21)15(11-13)20-26(22,23)14-4-6-17-18(12-14)25-10-9-24-17/h3-6,11-12,20H,1-2,7-10H2. The average molecular weight is 378 g/mol. The molecule has 0 radical (unpaired) electrons. The molecule has 8 heteroatoms. The maximum absolute atomic E-state index is 13.7. The molecule has 6 nitrogen and oxygen atoms in total. The van der Waals surface area contributed by atoms with Crippen molar-refractivity contribution in [1.82, 2.24) is 0 Å². The molecule has 0 aromatic heterocycles. The van der Waals surface area contributed by atoms with E-state index in [0.717, 1.165) is 25.9 Å². The summed E-state index contributed by atoms with van der Waals surface area (Å²) in [5.41, 5.74) is 0.923. The topological polar surface area (TPSA) is 67.9 Å². The molecule has 2 aliphatic rings. The maximum atomic E-state index is 13.7. The summed E-state index contributed by atoms with van der Waals surface area (Å²) in [6.45, 7) is 2.45. The number of nitrogens with one attached hydrogen (secondary N) is 1. The number of nitrogens with zero attached hydrogens (tertiary/aromatic N) is 1. The second kappa shape index (κ2) is 6.68. The number of benzene rings is 2. The van der Waals surface area contributed by atoms with Crippen molar-refractivity contribution in [2.24, 2.45) is 0 Å². The summed E-state index contributed by atoms with van der Waals surface area (Å²) in [7, 11) is -3.89. The zero-order valence-electron chi connectivity index (χ0n) is 14.1. The smallest absolute Gasteiger partial charge is 0.262 e. The van der Waals surface area contributed by atoms with Crippen LogP contribution in [0.4, 0.5) is 15.8 Å². The Hall–Kier alpha value is -2.48. The van der Waals surface area contributed by atoms with Gasteiger partial charge in [0.15, 0.2) is 11.5 Å². The van der Waals surface area contributed by atoms with Crippen LogP contribution in [0.15, 0.2) is 41.3 Å². The highest BCUT2D eigenvalue weighted by atomic mass is 32.2. The molecule has 2 aliphatic heterocycles. The Bertz CT molecular complexity index is 927. The Morgan fingerprint density at radius 2 is 1.69 bits per heavy atom. The molecule has 4 rings (SSSR count). The van der Waals surface area contributed by atoms with Gasteiger partial charge in [-0.25, -0.2) is 12.8 Å². The first-order chi connectivity index (χ1) is 12.5. The SMILES string of the molecule is O=S(=O)(Nc1cc(F)ccc1N1CCCC1)c1ccc2c(c1)OCCO2. The lowest BCUT2D eigenvalue weighted by Crippen LogP contribution is -2.22. The molecule has 0 bridgehead atoms. The van der Waals surface area contributed by atoms with E-state index in [1.165, 1.54) is 24.3 Å². The van der Waals surface area contributed by atoms with Crippen LogP contribution in [0.2, 0.25) is 0 Å². The van der Waals surface area contributed by atoms with E-state index in [1.54, 1.807) is 12.1 Å². The fraction of sp³-hybridized carbons (Fsp3) is 0.333. The molecule has 0 atom stereocenters. The van der Waals surface area contributed by atoms with E-state index in [1.807, 2.05) is 0 Å². The van der Waals surface area contributed by atoms with Gasteiger partial charge < -0.3 is 14.4 Å². The van der Waals surface area contributed by atoms with Gasteiger partial charge in [-0.3, -0.25) is 4.72 Å². The van der Waals surface area contributed by atoms with Crippen molar-refractivity contribution in [3.05, 3.63) is 42.2 Å². The first-order valence-corrected chi connectivity index (χ1v) is 9.98. The Balaban J connectivity index is 1.67. The van der Waals surface area contributed by atoms with Crippen LogP contribution in [0.3, 0.4) is 0 Å². The van der Waals surface area contributed by atoms with Crippen LogP contribution in [0.5, 0.6) is 11.5 Å². The van der Waals surface area contributed by atoms with E-state index in [0.29, 0.717) is 30.4 Å². The van der Waals surface area contributed by atoms with Crippen molar-refractivity contribution in [2.45, 2.75) is 17.7 Å². The first-order valence-electron chi connectivity index (χ1n) is 8.50. The highest BCUT2D eigenvalue weighted by Crippen LogP contribution is 2.35. The van der Waals surface area contributed by atoms with Gasteiger partial charge in [0, 0.05) is 25.2 Å². The normalized spacial score (nSPS) is 16.6. The van der Waals surface area contributed by atoms with Crippen LogP contribution in [-0.2, 0) is 10.0 Å². The van der Waals surface area contributed by atoms with Crippen LogP contribution in [0.1, 0.15) is 12.8 Å². The molecule has 0 spiro atoms. The zero-order chi connectivity index (χ0) is 18.1. The third-order valence-electron chi connectivity index (χ3n) is 4.47. The molecule has 2 aromatic carbocycles. The van der Waals surface area contributed by atoms with Gasteiger partial charge in [-0.15, -0.1) is 0 Å². The van der Waals surface area contributed by atoms with Gasteiger partial charge in [0.2, 0.25) is 0 Å². The lowest BCUT2D eigenvalue weighted by molar-refractivity contribution is 0.171. The molecular weight excluding hydrogens is 359 g/mol. The molecule has 0 amide bonds. The average Bonchev–Trinajstić information content (AvgIpc) is 3.15. The summed E-state index contributed by atoms with van der Waals surface area (Å²) >= 11 is 0. The highest BCUT2D eigenvalue weighted by molar-refractivity contribution is 7.92. The molecule has 0 saturated carbocycles. The molecule has 0 unspecified atom stereocenters. The molecule has 0 aliphatic carbocycles. The molecular formula is C18H19FN2O4S. The lowest BCUT2D eigenvalue weighted by Gasteiger charge is -2.22. The molecule has 2 aromatic rings. The Morgan fingerprint density at radius 3 is 2.46 bits per heavy atom. The lowest BCUT2D eigenvalue weighted by atomic mass is 10.2. The van der Waals surface area contributed by atoms with Gasteiger partial charge in [-0.1, -0.05) is 0 Å². The van der Waals surface area contributed by atoms with Crippen LogP contribution in [-0.4, -0.2) is 34.7 Å². The third kappa shape index (κ3) is 3.29. The molecule has 138 valence electrons. The minimum absolute atomic E-state index is 0.0402. The quantitative estimate of drug-likeness (QED) is 0.886. The molecule has 2 heterocycles. The van der Waals surface area contributed by atoms with Gasteiger partial charge >= 0.3 is 0 Å². The predicted molar refractivity (Wildman–Crippen MR) is 96.1 cm³/mol. The van der Waals surface area contributed by atoms with E-state index in [4.69, 9.17) is 9.47 Å². The molecule has 1 N–H and O–H groups in total. The summed E-state index contributed by atoms with van der Waals surface area (Å²) in [6, 6.07) is 8.60. The summed E-state index contributed by atoms with van der Waals surface area (Å²) in [5, 5.41) is 0. The van der Waals surface area contributed by atoms with Crippen molar-refractivity contribution in [3.8, 4) is 11.5 Å². The van der Waals surface area contributed by atoms with E-state index in [9.17, 15) is 12.8 Å². The van der Waals surface area contributed by atoms with Crippen LogP contribution < -0.4 is 19.1 Å². The summed E-state index contributed by atoms with van der Waals surface area (Å²) in [5.74, 6) is 0.407. The largest absolute Gasteiger partial charge is 0.486 e. The van der Waals surface area contributed by atoms with Gasteiger partial charge in [0.05, 0.1) is 16.3 Å².